The van der Waals surface area contributed by atoms with Crippen LogP contribution in [0.1, 0.15) is 56.6 Å². The zero-order chi connectivity index (χ0) is 45.2. The Morgan fingerprint density at radius 2 is 1.03 bits per heavy atom. The largest absolute Gasteiger partial charge is 3.00 e. The van der Waals surface area contributed by atoms with Crippen LogP contribution < -0.4 is 18.3 Å². The molecule has 1 radical (unpaired) electrons. The van der Waals surface area contributed by atoms with E-state index in [-0.39, 0.29) is 41.8 Å². The Morgan fingerprint density at radius 1 is 0.493 bits per heavy atom. The van der Waals surface area contributed by atoms with Gasteiger partial charge in [-0.25, -0.2) is 19.9 Å². The van der Waals surface area contributed by atoms with Crippen molar-refractivity contribution in [3.05, 3.63) is 185 Å². The van der Waals surface area contributed by atoms with Crippen molar-refractivity contribution < 1.29 is 37.7 Å². The molecule has 0 fully saturated rings. The standard InChI is InChI=1S/C33H32N6.C18H10N4.2C2H6.3CH3.Ru/c1-22-13-15-28(37(4)19-22)29-16-14-23(2)20-39(29)21-38-18-8-10-25-31-30(34-26-11-5-6-12-27(26)35-31)24-9-7-17-36(3)32(24)33(25)38;1-2-8-14-13(7-1)21-17-11-5-3-9-19-15(11)16-12(18(17)22-14)6-4-10-20-16;2*1-2;;;;/h6-10,12-20H,5,11,21H2,1-4H3;1-10H;2*1-2H3;3*1H3;/q+4;;;;3*-1;+3. The van der Waals surface area contributed by atoms with Crippen LogP contribution in [0.2, 0.25) is 0 Å². The monoisotopic (exact) mass is 1000 g/mol. The van der Waals surface area contributed by atoms with Gasteiger partial charge in [0.05, 0.1) is 55.3 Å². The molecule has 3 aromatic carbocycles. The number of hydrogen-bond donors (Lipinski definition) is 0. The minimum absolute atomic E-state index is 0. The molecule has 0 spiro atoms. The van der Waals surface area contributed by atoms with E-state index >= 15 is 0 Å². The molecular weight excluding hydrogens is 938 g/mol. The van der Waals surface area contributed by atoms with Crippen molar-refractivity contribution in [1.82, 2.24) is 29.9 Å². The van der Waals surface area contributed by atoms with Gasteiger partial charge < -0.3 is 22.3 Å². The number of aromatic nitrogens is 10. The van der Waals surface area contributed by atoms with Crippen molar-refractivity contribution in [2.24, 2.45) is 14.1 Å². The molecule has 0 saturated carbocycles. The number of nitrogens with zero attached hydrogens (tertiary/aromatic N) is 10. The average Bonchev–Trinajstić information content (AvgIpc) is 3.35. The second-order valence-corrected chi connectivity index (χ2v) is 15.9. The van der Waals surface area contributed by atoms with Gasteiger partial charge in [-0.1, -0.05) is 45.9 Å². The first-order valence-electron chi connectivity index (χ1n) is 22.6. The minimum Gasteiger partial charge on any atom is -0.358 e. The number of benzene rings is 3. The third-order valence-corrected chi connectivity index (χ3v) is 11.8. The maximum absolute atomic E-state index is 5.19. The molecule has 0 aliphatic heterocycles. The van der Waals surface area contributed by atoms with Crippen LogP contribution in [0.5, 0.6) is 0 Å². The van der Waals surface area contributed by atoms with Crippen molar-refractivity contribution in [3.63, 3.8) is 0 Å². The van der Waals surface area contributed by atoms with Crippen LogP contribution >= 0.6 is 0 Å². The van der Waals surface area contributed by atoms with E-state index in [0.717, 1.165) is 101 Å². The first kappa shape index (κ1) is 52.9. The maximum Gasteiger partial charge on any atom is 3.00 e. The first-order chi connectivity index (χ1) is 31.9. The summed E-state index contributed by atoms with van der Waals surface area (Å²) in [5, 5.41) is 4.22. The molecule has 69 heavy (non-hydrogen) atoms. The van der Waals surface area contributed by atoms with E-state index in [1.165, 1.54) is 22.5 Å². The van der Waals surface area contributed by atoms with Gasteiger partial charge in [0.25, 0.3) is 22.4 Å². The molecule has 1 aliphatic rings. The molecule has 0 N–H and O–H groups in total. The van der Waals surface area contributed by atoms with Crippen LogP contribution in [0.15, 0.2) is 140 Å². The predicted molar refractivity (Wildman–Crippen MR) is 281 cm³/mol. The minimum atomic E-state index is 0. The molecule has 0 bridgehead atoms. The number of allylic oxidation sites excluding steroid dienone is 1. The Kier molecular flexibility index (Phi) is 17.5. The van der Waals surface area contributed by atoms with Crippen molar-refractivity contribution in [2.75, 3.05) is 0 Å². The Hall–Kier alpha value is -7.10. The summed E-state index contributed by atoms with van der Waals surface area (Å²) in [7, 11) is 4.24. The summed E-state index contributed by atoms with van der Waals surface area (Å²) in [6.45, 7) is 12.9. The van der Waals surface area contributed by atoms with Gasteiger partial charge in [-0.2, -0.15) is 9.13 Å². The number of para-hydroxylation sites is 2. The van der Waals surface area contributed by atoms with Gasteiger partial charge in [0.15, 0.2) is 24.8 Å². The SMILES string of the molecule is CC.CC.Cc1ccc(-c2ccc(C)c[n+]2C[n+]2cccc3c4nc5c(nc4c4ccc[n+](C)c4c32)CCC=C5)[n+](C)c1.[CH3-].[CH3-].[CH3-].[Ru+3].c1ccc2nc3c4cccnc4c4ncccc4c3nc2c1. The summed E-state index contributed by atoms with van der Waals surface area (Å²) in [6.07, 6.45) is 18.6. The molecule has 0 amide bonds. The second-order valence-electron chi connectivity index (χ2n) is 15.9. The van der Waals surface area contributed by atoms with Crippen molar-refractivity contribution in [2.45, 2.75) is 61.1 Å². The average molecular weight is 1000 g/mol. The van der Waals surface area contributed by atoms with Gasteiger partial charge >= 0.3 is 26.1 Å². The van der Waals surface area contributed by atoms with Crippen molar-refractivity contribution in [3.8, 4) is 11.4 Å². The van der Waals surface area contributed by atoms with Gasteiger partial charge in [0.2, 0.25) is 0 Å². The van der Waals surface area contributed by atoms with E-state index in [0.29, 0.717) is 6.67 Å². The second kappa shape index (κ2) is 22.8. The number of rotatable bonds is 3. The van der Waals surface area contributed by atoms with E-state index in [1.807, 2.05) is 76.2 Å². The normalized spacial score (nSPS) is 11.2. The van der Waals surface area contributed by atoms with E-state index < -0.39 is 0 Å². The van der Waals surface area contributed by atoms with Crippen LogP contribution in [0.4, 0.5) is 0 Å². The Balaban J connectivity index is 0.000000253. The molecule has 0 unspecified atom stereocenters. The van der Waals surface area contributed by atoms with Gasteiger partial charge in [0.1, 0.15) is 25.1 Å². The maximum atomic E-state index is 5.19. The zero-order valence-electron chi connectivity index (χ0n) is 41.8. The third kappa shape index (κ3) is 9.79. The van der Waals surface area contributed by atoms with E-state index in [4.69, 9.17) is 19.9 Å². The van der Waals surface area contributed by atoms with Crippen LogP contribution in [-0.2, 0) is 46.7 Å². The molecule has 0 saturated heterocycles. The third-order valence-electron chi connectivity index (χ3n) is 11.8. The number of hydrogen-bond acceptors (Lipinski definition) is 6. The smallest absolute Gasteiger partial charge is 0.358 e. The van der Waals surface area contributed by atoms with Gasteiger partial charge in [-0.05, 0) is 93.4 Å². The fourth-order valence-corrected chi connectivity index (χ4v) is 8.95. The topological polar surface area (TPSA) is 92.9 Å². The first-order valence-corrected chi connectivity index (χ1v) is 22.6. The summed E-state index contributed by atoms with van der Waals surface area (Å²) in [5.41, 5.74) is 16.4. The van der Waals surface area contributed by atoms with Crippen LogP contribution in [0, 0.1) is 36.1 Å². The number of aryl methyl sites for hydroxylation is 5. The predicted octanol–water partition coefficient (Wildman–Crippen LogP) is 11.2. The number of fused-ring (bicyclic) bond motifs is 14. The molecule has 8 heterocycles. The molecule has 12 rings (SSSR count). The Labute approximate surface area is 419 Å². The van der Waals surface area contributed by atoms with E-state index in [9.17, 15) is 0 Å². The Morgan fingerprint density at radius 3 is 1.65 bits per heavy atom. The van der Waals surface area contributed by atoms with Crippen LogP contribution in [0.25, 0.3) is 94.2 Å². The molecule has 0 atom stereocenters. The van der Waals surface area contributed by atoms with E-state index in [2.05, 4.69) is 142 Å². The molecular formula is C58H63N10Ru+4. The summed E-state index contributed by atoms with van der Waals surface area (Å²) in [6, 6.07) is 33.2. The quantitative estimate of drug-likeness (QED) is 0.0576. The van der Waals surface area contributed by atoms with Gasteiger partial charge in [-0.15, -0.1) is 9.13 Å². The summed E-state index contributed by atoms with van der Waals surface area (Å²) in [5.74, 6) is 0. The van der Waals surface area contributed by atoms with Crippen molar-refractivity contribution in [1.29, 1.82) is 0 Å². The van der Waals surface area contributed by atoms with Gasteiger partial charge in [0, 0.05) is 58.6 Å². The molecule has 1 aliphatic carbocycles. The molecule has 349 valence electrons. The summed E-state index contributed by atoms with van der Waals surface area (Å²) in [4.78, 5) is 29.0. The van der Waals surface area contributed by atoms with Crippen LogP contribution in [-0.4, -0.2) is 29.9 Å². The summed E-state index contributed by atoms with van der Waals surface area (Å²) < 4.78 is 9.13. The van der Waals surface area contributed by atoms with Gasteiger partial charge in [-0.3, -0.25) is 9.97 Å². The fraction of sp³-hybridized carbons (Fsp3) is 0.190. The van der Waals surface area contributed by atoms with E-state index in [1.54, 1.807) is 12.4 Å². The molecule has 11 heteroatoms. The number of pyridine rings is 6. The Bertz CT molecular complexity index is 3550. The molecule has 10 nitrogen and oxygen atoms in total. The van der Waals surface area contributed by atoms with Crippen molar-refractivity contribution >= 4 is 82.8 Å². The molecule has 11 aromatic rings. The zero-order valence-corrected chi connectivity index (χ0v) is 43.5. The summed E-state index contributed by atoms with van der Waals surface area (Å²) >= 11 is 0. The molecule has 8 aromatic heterocycles. The van der Waals surface area contributed by atoms with Crippen LogP contribution in [0.3, 0.4) is 0 Å². The fourth-order valence-electron chi connectivity index (χ4n) is 8.95.